The molecule has 27 heavy (non-hydrogen) atoms. The van der Waals surface area contributed by atoms with Gasteiger partial charge in [0.1, 0.15) is 11.4 Å². The molecule has 3 aromatic rings. The van der Waals surface area contributed by atoms with Gasteiger partial charge in [0.2, 0.25) is 5.72 Å². The molecule has 0 aromatic heterocycles. The standard InChI is InChI=1S/C23H22N2O2/c1-22(2)18-9-5-6-10-19(18)25(13-14-26)23(22)15-24-21-17-8-4-3-7-16(17)11-12-20(21)27-23/h3-12,15,26H,13-14H2,1-2H3. The molecule has 3 aromatic carbocycles. The molecule has 0 fully saturated rings. The molecule has 2 aliphatic rings. The zero-order valence-corrected chi connectivity index (χ0v) is 15.5. The number of β-amino-alcohol motifs (C(OH)–C–C–N with tert-alkyl or cyclic N) is 1. The van der Waals surface area contributed by atoms with Crippen molar-refractivity contribution in [3.05, 3.63) is 66.2 Å². The van der Waals surface area contributed by atoms with Gasteiger partial charge in [0.15, 0.2) is 0 Å². The summed E-state index contributed by atoms with van der Waals surface area (Å²) in [4.78, 5) is 7.04. The van der Waals surface area contributed by atoms with Crippen LogP contribution in [0.2, 0.25) is 0 Å². The highest BCUT2D eigenvalue weighted by Crippen LogP contribution is 2.54. The number of aliphatic imine (C=N–C) groups is 1. The van der Waals surface area contributed by atoms with Crippen LogP contribution >= 0.6 is 0 Å². The van der Waals surface area contributed by atoms with E-state index < -0.39 is 5.72 Å². The van der Waals surface area contributed by atoms with Gasteiger partial charge in [0, 0.05) is 17.6 Å². The summed E-state index contributed by atoms with van der Waals surface area (Å²) in [6.45, 7) is 4.89. The second kappa shape index (κ2) is 5.57. The highest BCUT2D eigenvalue weighted by molar-refractivity contribution is 5.99. The summed E-state index contributed by atoms with van der Waals surface area (Å²) in [7, 11) is 0. The van der Waals surface area contributed by atoms with Crippen molar-refractivity contribution in [3.8, 4) is 5.75 Å². The van der Waals surface area contributed by atoms with E-state index in [4.69, 9.17) is 9.73 Å². The fourth-order valence-corrected chi connectivity index (χ4v) is 4.54. The van der Waals surface area contributed by atoms with Crippen LogP contribution < -0.4 is 9.64 Å². The number of benzene rings is 3. The van der Waals surface area contributed by atoms with Crippen molar-refractivity contribution < 1.29 is 9.84 Å². The molecule has 5 rings (SSSR count). The second-order valence-electron chi connectivity index (χ2n) is 7.71. The monoisotopic (exact) mass is 358 g/mol. The van der Waals surface area contributed by atoms with Crippen LogP contribution in [0.1, 0.15) is 19.4 Å². The predicted molar refractivity (Wildman–Crippen MR) is 109 cm³/mol. The Morgan fingerprint density at radius 1 is 1.00 bits per heavy atom. The van der Waals surface area contributed by atoms with E-state index in [1.54, 1.807) is 0 Å². The molecular formula is C23H22N2O2. The van der Waals surface area contributed by atoms with Crippen molar-refractivity contribution in [2.45, 2.75) is 25.0 Å². The number of nitrogens with zero attached hydrogens (tertiary/aromatic N) is 2. The normalized spacial score (nSPS) is 22.0. The number of para-hydroxylation sites is 1. The van der Waals surface area contributed by atoms with Crippen LogP contribution in [0.3, 0.4) is 0 Å². The van der Waals surface area contributed by atoms with Crippen molar-refractivity contribution in [1.82, 2.24) is 0 Å². The molecule has 136 valence electrons. The first kappa shape index (κ1) is 16.3. The molecule has 0 aliphatic carbocycles. The van der Waals surface area contributed by atoms with Gasteiger partial charge in [-0.05, 0) is 36.9 Å². The number of anilines is 1. The van der Waals surface area contributed by atoms with E-state index >= 15 is 0 Å². The molecule has 0 saturated carbocycles. The van der Waals surface area contributed by atoms with E-state index in [0.717, 1.165) is 27.9 Å². The van der Waals surface area contributed by atoms with Gasteiger partial charge in [-0.15, -0.1) is 0 Å². The Hall–Kier alpha value is -2.85. The molecule has 1 atom stereocenters. The van der Waals surface area contributed by atoms with Gasteiger partial charge in [0.25, 0.3) is 0 Å². The maximum atomic E-state index is 9.73. The Balaban J connectivity index is 1.72. The summed E-state index contributed by atoms with van der Waals surface area (Å²) >= 11 is 0. The SMILES string of the molecule is CC1(C)c2ccccc2N(CCO)C12C=Nc1c(ccc3ccccc13)O2. The third-order valence-electron chi connectivity index (χ3n) is 5.99. The smallest absolute Gasteiger partial charge is 0.228 e. The molecule has 1 unspecified atom stereocenters. The molecule has 4 nitrogen and oxygen atoms in total. The zero-order valence-electron chi connectivity index (χ0n) is 15.5. The van der Waals surface area contributed by atoms with Crippen molar-refractivity contribution in [2.75, 3.05) is 18.1 Å². The Morgan fingerprint density at radius 2 is 1.78 bits per heavy atom. The van der Waals surface area contributed by atoms with E-state index in [-0.39, 0.29) is 12.0 Å². The van der Waals surface area contributed by atoms with E-state index in [9.17, 15) is 5.11 Å². The van der Waals surface area contributed by atoms with Crippen molar-refractivity contribution in [2.24, 2.45) is 4.99 Å². The first-order chi connectivity index (χ1) is 13.1. The molecule has 4 heteroatoms. The fourth-order valence-electron chi connectivity index (χ4n) is 4.54. The Bertz CT molecular complexity index is 1070. The summed E-state index contributed by atoms with van der Waals surface area (Å²) in [5.41, 5.74) is 2.07. The highest BCUT2D eigenvalue weighted by Gasteiger charge is 2.59. The molecule has 1 N–H and O–H groups in total. The minimum atomic E-state index is -0.769. The number of aliphatic hydroxyl groups is 1. The summed E-state index contributed by atoms with van der Waals surface area (Å²) in [5.74, 6) is 0.778. The number of rotatable bonds is 2. The van der Waals surface area contributed by atoms with Crippen LogP contribution in [0.5, 0.6) is 5.75 Å². The molecule has 0 saturated heterocycles. The fraction of sp³-hybridized carbons (Fsp3) is 0.261. The molecule has 0 radical (unpaired) electrons. The largest absolute Gasteiger partial charge is 0.459 e. The molecular weight excluding hydrogens is 336 g/mol. The first-order valence-corrected chi connectivity index (χ1v) is 9.32. The lowest BCUT2D eigenvalue weighted by Crippen LogP contribution is -2.62. The average Bonchev–Trinajstić information content (AvgIpc) is 2.87. The number of ether oxygens (including phenoxy) is 1. The number of hydrogen-bond acceptors (Lipinski definition) is 4. The Kier molecular flexibility index (Phi) is 3.37. The minimum absolute atomic E-state index is 0.0495. The van der Waals surface area contributed by atoms with Gasteiger partial charge in [0.05, 0.1) is 18.2 Å². The van der Waals surface area contributed by atoms with Gasteiger partial charge in [-0.2, -0.15) is 0 Å². The third-order valence-corrected chi connectivity index (χ3v) is 5.99. The van der Waals surface area contributed by atoms with Crippen LogP contribution in [0, 0.1) is 0 Å². The van der Waals surface area contributed by atoms with Crippen LogP contribution in [-0.4, -0.2) is 30.2 Å². The molecule has 0 bridgehead atoms. The average molecular weight is 358 g/mol. The molecule has 2 aliphatic heterocycles. The Labute approximate surface area is 158 Å². The first-order valence-electron chi connectivity index (χ1n) is 9.32. The second-order valence-corrected chi connectivity index (χ2v) is 7.71. The quantitative estimate of drug-likeness (QED) is 0.737. The number of aliphatic hydroxyl groups excluding tert-OH is 1. The van der Waals surface area contributed by atoms with Crippen LogP contribution in [0.4, 0.5) is 11.4 Å². The van der Waals surface area contributed by atoms with E-state index in [1.165, 1.54) is 5.56 Å². The summed E-state index contributed by atoms with van der Waals surface area (Å²) in [6, 6.07) is 20.6. The maximum absolute atomic E-state index is 9.73. The number of hydrogen-bond donors (Lipinski definition) is 1. The van der Waals surface area contributed by atoms with Crippen molar-refractivity contribution in [1.29, 1.82) is 0 Å². The summed E-state index contributed by atoms with van der Waals surface area (Å²) in [6.07, 6.45) is 1.93. The third kappa shape index (κ3) is 2.05. The molecule has 1 spiro atoms. The van der Waals surface area contributed by atoms with Crippen molar-refractivity contribution in [3.63, 3.8) is 0 Å². The lowest BCUT2D eigenvalue weighted by molar-refractivity contribution is 0.0742. The van der Waals surface area contributed by atoms with Crippen molar-refractivity contribution >= 4 is 28.4 Å². The zero-order chi connectivity index (χ0) is 18.6. The lowest BCUT2D eigenvalue weighted by Gasteiger charge is -2.46. The van der Waals surface area contributed by atoms with Crippen LogP contribution in [0.15, 0.2) is 65.7 Å². The van der Waals surface area contributed by atoms with Gasteiger partial charge in [-0.25, -0.2) is 0 Å². The maximum Gasteiger partial charge on any atom is 0.228 e. The molecule has 2 heterocycles. The highest BCUT2D eigenvalue weighted by atomic mass is 16.5. The van der Waals surface area contributed by atoms with E-state index in [2.05, 4.69) is 55.1 Å². The number of fused-ring (bicyclic) bond motifs is 4. The van der Waals surface area contributed by atoms with Crippen LogP contribution in [0.25, 0.3) is 10.8 Å². The minimum Gasteiger partial charge on any atom is -0.459 e. The lowest BCUT2D eigenvalue weighted by atomic mass is 9.77. The van der Waals surface area contributed by atoms with Gasteiger partial charge < -0.3 is 14.7 Å². The Morgan fingerprint density at radius 3 is 2.63 bits per heavy atom. The summed E-state index contributed by atoms with van der Waals surface area (Å²) in [5, 5.41) is 12.0. The van der Waals surface area contributed by atoms with E-state index in [0.29, 0.717) is 6.54 Å². The molecule has 0 amide bonds. The predicted octanol–water partition coefficient (Wildman–Crippen LogP) is 4.42. The van der Waals surface area contributed by atoms with E-state index in [1.807, 2.05) is 30.5 Å². The van der Waals surface area contributed by atoms with Gasteiger partial charge >= 0.3 is 0 Å². The summed E-state index contributed by atoms with van der Waals surface area (Å²) < 4.78 is 6.72. The van der Waals surface area contributed by atoms with Crippen LogP contribution in [-0.2, 0) is 5.41 Å². The topological polar surface area (TPSA) is 45.1 Å². The van der Waals surface area contributed by atoms with Gasteiger partial charge in [-0.1, -0.05) is 48.5 Å². The van der Waals surface area contributed by atoms with Gasteiger partial charge in [-0.3, -0.25) is 4.99 Å².